The van der Waals surface area contributed by atoms with E-state index in [-0.39, 0.29) is 0 Å². The van der Waals surface area contributed by atoms with Crippen LogP contribution >= 0.6 is 0 Å². The van der Waals surface area contributed by atoms with Crippen LogP contribution in [0.5, 0.6) is 0 Å². The number of hydrogen-bond donors (Lipinski definition) is 0. The van der Waals surface area contributed by atoms with E-state index >= 15 is 0 Å². The van der Waals surface area contributed by atoms with Gasteiger partial charge in [0.2, 0.25) is 0 Å². The molecule has 0 unspecified atom stereocenters. The Bertz CT molecular complexity index is 2470. The van der Waals surface area contributed by atoms with Gasteiger partial charge in [-0.15, -0.1) is 0 Å². The number of hydrogen-bond acceptors (Lipinski definition) is 3. The van der Waals surface area contributed by atoms with Crippen molar-refractivity contribution in [3.63, 3.8) is 0 Å². The first-order valence-electron chi connectivity index (χ1n) is 14.7. The van der Waals surface area contributed by atoms with Crippen molar-refractivity contribution < 1.29 is 0 Å². The monoisotopic (exact) mass is 563 g/mol. The van der Waals surface area contributed by atoms with Gasteiger partial charge in [-0.3, -0.25) is 9.97 Å². The van der Waals surface area contributed by atoms with Crippen LogP contribution in [0.3, 0.4) is 0 Å². The lowest BCUT2D eigenvalue weighted by Crippen LogP contribution is -1.99. The van der Waals surface area contributed by atoms with E-state index in [2.05, 4.69) is 124 Å². The highest BCUT2D eigenvalue weighted by atomic mass is 15.1. The summed E-state index contributed by atoms with van der Waals surface area (Å²) in [5.41, 5.74) is 12.5. The molecule has 0 aliphatic heterocycles. The number of nitrogens with zero attached hydrogens (tertiary/aromatic N) is 5. The van der Waals surface area contributed by atoms with Gasteiger partial charge in [0.15, 0.2) is 0 Å². The van der Waals surface area contributed by atoms with Crippen molar-refractivity contribution >= 4 is 43.9 Å². The predicted molar refractivity (Wildman–Crippen MR) is 179 cm³/mol. The third-order valence-electron chi connectivity index (χ3n) is 8.41. The Hall–Kier alpha value is -6.07. The summed E-state index contributed by atoms with van der Waals surface area (Å²) in [7, 11) is 0. The Morgan fingerprint density at radius 3 is 1.84 bits per heavy atom. The SMILES string of the molecule is c1ccc(-c2cccc(-c3ccc(-n4c5ccccc5c5ncc6c7ncccc7n(-c7ccccc7)c6c54)cc3)n2)cc1. The van der Waals surface area contributed by atoms with Crippen molar-refractivity contribution in [3.05, 3.63) is 152 Å². The second-order valence-corrected chi connectivity index (χ2v) is 10.9. The van der Waals surface area contributed by atoms with E-state index in [1.54, 1.807) is 0 Å². The molecule has 0 N–H and O–H groups in total. The standard InChI is InChI=1S/C39H25N5/c1-3-11-26(12-4-1)32-16-9-17-33(42-32)27-20-22-29(23-21-27)43-34-18-8-7-15-30(34)37-39(43)38-31(25-41-37)36-35(19-10-24-40-36)44(38)28-13-5-2-6-14-28/h1-25H. The number of para-hydroxylation sites is 2. The van der Waals surface area contributed by atoms with E-state index in [1.165, 1.54) is 0 Å². The third kappa shape index (κ3) is 3.69. The topological polar surface area (TPSA) is 48.5 Å². The average Bonchev–Trinajstić information content (AvgIpc) is 3.62. The van der Waals surface area contributed by atoms with Gasteiger partial charge in [-0.05, 0) is 54.6 Å². The lowest BCUT2D eigenvalue weighted by Gasteiger charge is -2.12. The highest BCUT2D eigenvalue weighted by Crippen LogP contribution is 2.40. The van der Waals surface area contributed by atoms with E-state index in [0.717, 1.165) is 77.8 Å². The summed E-state index contributed by atoms with van der Waals surface area (Å²) in [4.78, 5) is 14.9. The maximum atomic E-state index is 5.06. The Balaban J connectivity index is 1.30. The first-order chi connectivity index (χ1) is 21.8. The number of pyridine rings is 3. The lowest BCUT2D eigenvalue weighted by atomic mass is 10.1. The van der Waals surface area contributed by atoms with Gasteiger partial charge in [-0.2, -0.15) is 0 Å². The number of rotatable bonds is 4. The average molecular weight is 564 g/mol. The molecule has 0 fully saturated rings. The van der Waals surface area contributed by atoms with E-state index in [9.17, 15) is 0 Å². The second-order valence-electron chi connectivity index (χ2n) is 10.9. The van der Waals surface area contributed by atoms with Crippen LogP contribution in [0.25, 0.3) is 77.8 Å². The van der Waals surface area contributed by atoms with Gasteiger partial charge in [-0.1, -0.05) is 84.9 Å². The van der Waals surface area contributed by atoms with Gasteiger partial charge in [0.05, 0.1) is 44.5 Å². The van der Waals surface area contributed by atoms with E-state index in [0.29, 0.717) is 0 Å². The molecule has 9 aromatic rings. The molecule has 5 heterocycles. The van der Waals surface area contributed by atoms with Gasteiger partial charge in [0.25, 0.3) is 0 Å². The summed E-state index contributed by atoms with van der Waals surface area (Å²) in [5, 5.41) is 2.14. The molecule has 0 saturated carbocycles. The minimum absolute atomic E-state index is 0.942. The first-order valence-corrected chi connectivity index (χ1v) is 14.7. The van der Waals surface area contributed by atoms with Gasteiger partial charge < -0.3 is 9.13 Å². The van der Waals surface area contributed by atoms with Crippen LogP contribution in [0.4, 0.5) is 0 Å². The molecule has 0 atom stereocenters. The highest BCUT2D eigenvalue weighted by molar-refractivity contribution is 6.21. The van der Waals surface area contributed by atoms with Gasteiger partial charge in [-0.25, -0.2) is 4.98 Å². The lowest BCUT2D eigenvalue weighted by molar-refractivity contribution is 1.14. The van der Waals surface area contributed by atoms with Crippen LogP contribution in [0.2, 0.25) is 0 Å². The van der Waals surface area contributed by atoms with Crippen LogP contribution in [-0.2, 0) is 0 Å². The van der Waals surface area contributed by atoms with E-state index in [1.807, 2.05) is 36.7 Å². The third-order valence-corrected chi connectivity index (χ3v) is 8.41. The van der Waals surface area contributed by atoms with Crippen molar-refractivity contribution in [2.45, 2.75) is 0 Å². The Morgan fingerprint density at radius 1 is 0.409 bits per heavy atom. The van der Waals surface area contributed by atoms with Crippen molar-refractivity contribution in [1.82, 2.24) is 24.1 Å². The predicted octanol–water partition coefficient (Wildman–Crippen LogP) is 9.40. The highest BCUT2D eigenvalue weighted by Gasteiger charge is 2.22. The molecule has 4 aromatic carbocycles. The Labute approximate surface area is 253 Å². The van der Waals surface area contributed by atoms with E-state index in [4.69, 9.17) is 15.0 Å². The minimum Gasteiger partial charge on any atom is -0.306 e. The molecule has 0 amide bonds. The molecule has 0 saturated heterocycles. The van der Waals surface area contributed by atoms with Gasteiger partial charge >= 0.3 is 0 Å². The summed E-state index contributed by atoms with van der Waals surface area (Å²) in [6.07, 6.45) is 3.84. The summed E-state index contributed by atoms with van der Waals surface area (Å²) in [5.74, 6) is 0. The van der Waals surface area contributed by atoms with Crippen molar-refractivity contribution in [3.8, 4) is 33.9 Å². The molecule has 0 aliphatic carbocycles. The molecule has 9 rings (SSSR count). The Morgan fingerprint density at radius 2 is 1.05 bits per heavy atom. The van der Waals surface area contributed by atoms with Crippen molar-refractivity contribution in [1.29, 1.82) is 0 Å². The molecular formula is C39H25N5. The zero-order chi connectivity index (χ0) is 29.0. The van der Waals surface area contributed by atoms with Gasteiger partial charge in [0, 0.05) is 45.7 Å². The summed E-state index contributed by atoms with van der Waals surface area (Å²) >= 11 is 0. The maximum absolute atomic E-state index is 5.06. The molecule has 5 aromatic heterocycles. The summed E-state index contributed by atoms with van der Waals surface area (Å²) in [6, 6.07) is 48.4. The molecule has 0 radical (unpaired) electrons. The molecule has 5 nitrogen and oxygen atoms in total. The van der Waals surface area contributed by atoms with Crippen molar-refractivity contribution in [2.75, 3.05) is 0 Å². The van der Waals surface area contributed by atoms with Crippen LogP contribution in [-0.4, -0.2) is 24.1 Å². The second kappa shape index (κ2) is 9.75. The fourth-order valence-electron chi connectivity index (χ4n) is 6.45. The van der Waals surface area contributed by atoms with Crippen LogP contribution in [0.1, 0.15) is 0 Å². The maximum Gasteiger partial charge on any atom is 0.0985 e. The molecule has 206 valence electrons. The largest absolute Gasteiger partial charge is 0.306 e. The molecule has 0 bridgehead atoms. The summed E-state index contributed by atoms with van der Waals surface area (Å²) < 4.78 is 4.67. The number of fused-ring (bicyclic) bond motifs is 7. The fourth-order valence-corrected chi connectivity index (χ4v) is 6.45. The van der Waals surface area contributed by atoms with Crippen LogP contribution in [0.15, 0.2) is 152 Å². The van der Waals surface area contributed by atoms with E-state index < -0.39 is 0 Å². The van der Waals surface area contributed by atoms with Crippen LogP contribution in [0, 0.1) is 0 Å². The Kier molecular flexibility index (Phi) is 5.43. The van der Waals surface area contributed by atoms with Crippen molar-refractivity contribution in [2.24, 2.45) is 0 Å². The quantitative estimate of drug-likeness (QED) is 0.214. The number of aromatic nitrogens is 5. The number of benzene rings is 4. The molecule has 44 heavy (non-hydrogen) atoms. The van der Waals surface area contributed by atoms with Gasteiger partial charge in [0.1, 0.15) is 0 Å². The summed E-state index contributed by atoms with van der Waals surface area (Å²) in [6.45, 7) is 0. The normalized spacial score (nSPS) is 11.6. The minimum atomic E-state index is 0.942. The van der Waals surface area contributed by atoms with Crippen LogP contribution < -0.4 is 0 Å². The first kappa shape index (κ1) is 24.5. The fraction of sp³-hybridized carbons (Fsp3) is 0. The molecular weight excluding hydrogens is 538 g/mol. The molecule has 5 heteroatoms. The zero-order valence-corrected chi connectivity index (χ0v) is 23.7. The molecule has 0 spiro atoms. The zero-order valence-electron chi connectivity index (χ0n) is 23.7. The smallest absolute Gasteiger partial charge is 0.0985 e. The molecule has 0 aliphatic rings.